The third kappa shape index (κ3) is 2.85. The van der Waals surface area contributed by atoms with E-state index in [9.17, 15) is 4.79 Å². The number of amides is 1. The number of nitrogens with zero attached hydrogens (tertiary/aromatic N) is 2. The summed E-state index contributed by atoms with van der Waals surface area (Å²) in [5.41, 5.74) is 8.85. The van der Waals surface area contributed by atoms with Crippen molar-refractivity contribution >= 4 is 33.1 Å². The zero-order valence-electron chi connectivity index (χ0n) is 13.0. The Morgan fingerprint density at radius 3 is 2.57 bits per heavy atom. The van der Waals surface area contributed by atoms with Gasteiger partial charge in [-0.2, -0.15) is 5.10 Å². The van der Waals surface area contributed by atoms with Gasteiger partial charge in [-0.05, 0) is 31.7 Å². The molecule has 0 fully saturated rings. The summed E-state index contributed by atoms with van der Waals surface area (Å²) in [6, 6.07) is 0.130. The Morgan fingerprint density at radius 1 is 1.29 bits per heavy atom. The molecule has 0 aromatic carbocycles. The van der Waals surface area contributed by atoms with Gasteiger partial charge in [-0.25, -0.2) is 0 Å². The van der Waals surface area contributed by atoms with E-state index in [1.807, 2.05) is 20.8 Å². The minimum absolute atomic E-state index is 0.120. The van der Waals surface area contributed by atoms with Gasteiger partial charge in [0.15, 0.2) is 0 Å². The summed E-state index contributed by atoms with van der Waals surface area (Å²) < 4.78 is 0. The molecule has 0 aliphatic rings. The van der Waals surface area contributed by atoms with Crippen molar-refractivity contribution in [2.45, 2.75) is 53.0 Å². The van der Waals surface area contributed by atoms with Crippen LogP contribution in [0.1, 0.15) is 55.0 Å². The largest absolute Gasteiger partial charge is 0.397 e. The highest BCUT2D eigenvalue weighted by atomic mass is 32.1. The van der Waals surface area contributed by atoms with Crippen LogP contribution in [0, 0.1) is 0 Å². The molecule has 0 aliphatic carbocycles. The summed E-state index contributed by atoms with van der Waals surface area (Å²) in [4.78, 5) is 13.6. The number of anilines is 1. The van der Waals surface area contributed by atoms with Crippen LogP contribution in [0.3, 0.4) is 0 Å². The fraction of sp³-hybridized carbons (Fsp3) is 0.533. The molecule has 2 heterocycles. The van der Waals surface area contributed by atoms with Crippen LogP contribution >= 0.6 is 11.3 Å². The van der Waals surface area contributed by atoms with Gasteiger partial charge in [0, 0.05) is 11.4 Å². The fourth-order valence-corrected chi connectivity index (χ4v) is 3.30. The van der Waals surface area contributed by atoms with Crippen molar-refractivity contribution in [1.82, 2.24) is 15.5 Å². The van der Waals surface area contributed by atoms with Crippen molar-refractivity contribution in [3.63, 3.8) is 0 Å². The summed E-state index contributed by atoms with van der Waals surface area (Å²) in [6.07, 6.45) is 2.54. The van der Waals surface area contributed by atoms with Crippen molar-refractivity contribution in [3.8, 4) is 0 Å². The predicted octanol–water partition coefficient (Wildman–Crippen LogP) is 2.93. The van der Waals surface area contributed by atoms with E-state index in [2.05, 4.69) is 22.4 Å². The van der Waals surface area contributed by atoms with Gasteiger partial charge in [0.2, 0.25) is 0 Å². The SMILES string of the molecule is CCc1nnc2sc(C(=O)NC(C)CC)c(N)c2c1CC. The Balaban J connectivity index is 2.53. The second-order valence-electron chi connectivity index (χ2n) is 5.14. The van der Waals surface area contributed by atoms with Gasteiger partial charge in [-0.15, -0.1) is 16.4 Å². The number of carbonyl (C=O) groups is 1. The molecule has 1 amide bonds. The van der Waals surface area contributed by atoms with E-state index in [1.54, 1.807) is 0 Å². The second-order valence-corrected chi connectivity index (χ2v) is 6.14. The Hall–Kier alpha value is -1.69. The van der Waals surface area contributed by atoms with Gasteiger partial charge in [-0.1, -0.05) is 20.8 Å². The first-order valence-corrected chi connectivity index (χ1v) is 8.22. The number of hydrogen-bond donors (Lipinski definition) is 2. The molecule has 0 bridgehead atoms. The molecule has 0 radical (unpaired) electrons. The molecule has 1 atom stereocenters. The van der Waals surface area contributed by atoms with Gasteiger partial charge in [0.05, 0.1) is 11.4 Å². The lowest BCUT2D eigenvalue weighted by molar-refractivity contribution is 0.0944. The molecular formula is C15H22N4OS. The highest BCUT2D eigenvalue weighted by Crippen LogP contribution is 2.35. The maximum absolute atomic E-state index is 12.3. The van der Waals surface area contributed by atoms with E-state index in [0.717, 1.165) is 40.7 Å². The lowest BCUT2D eigenvalue weighted by Crippen LogP contribution is -2.31. The van der Waals surface area contributed by atoms with Gasteiger partial charge < -0.3 is 11.1 Å². The summed E-state index contributed by atoms with van der Waals surface area (Å²) in [6.45, 7) is 8.14. The molecule has 0 saturated heterocycles. The average molecular weight is 306 g/mol. The zero-order chi connectivity index (χ0) is 15.6. The smallest absolute Gasteiger partial charge is 0.263 e. The number of aryl methyl sites for hydroxylation is 2. The first-order chi connectivity index (χ1) is 10.0. The summed E-state index contributed by atoms with van der Waals surface area (Å²) in [5.74, 6) is -0.120. The zero-order valence-corrected chi connectivity index (χ0v) is 13.8. The van der Waals surface area contributed by atoms with Crippen LogP contribution in [0.15, 0.2) is 0 Å². The predicted molar refractivity (Wildman–Crippen MR) is 87.8 cm³/mol. The number of fused-ring (bicyclic) bond motifs is 1. The minimum atomic E-state index is -0.120. The molecule has 0 saturated carbocycles. The van der Waals surface area contributed by atoms with E-state index in [4.69, 9.17) is 5.73 Å². The molecule has 3 N–H and O–H groups in total. The number of hydrogen-bond acceptors (Lipinski definition) is 5. The monoisotopic (exact) mass is 306 g/mol. The van der Waals surface area contributed by atoms with E-state index in [1.165, 1.54) is 11.3 Å². The van der Waals surface area contributed by atoms with Crippen molar-refractivity contribution < 1.29 is 4.79 Å². The Kier molecular flexibility index (Phi) is 4.77. The van der Waals surface area contributed by atoms with Crippen molar-refractivity contribution in [3.05, 3.63) is 16.1 Å². The number of nitrogens with two attached hydrogens (primary N) is 1. The summed E-state index contributed by atoms with van der Waals surface area (Å²) in [7, 11) is 0. The minimum Gasteiger partial charge on any atom is -0.397 e. The van der Waals surface area contributed by atoms with Gasteiger partial charge in [0.1, 0.15) is 9.71 Å². The Labute approximate surface area is 128 Å². The number of carbonyl (C=O) groups excluding carboxylic acids is 1. The molecule has 1 unspecified atom stereocenters. The van der Waals surface area contributed by atoms with E-state index in [-0.39, 0.29) is 11.9 Å². The number of aromatic nitrogens is 2. The number of thiophene rings is 1. The van der Waals surface area contributed by atoms with Gasteiger partial charge in [-0.3, -0.25) is 4.79 Å². The third-order valence-electron chi connectivity index (χ3n) is 3.72. The first kappa shape index (κ1) is 15.7. The molecule has 2 aromatic rings. The molecule has 2 rings (SSSR count). The summed E-state index contributed by atoms with van der Waals surface area (Å²) >= 11 is 1.32. The lowest BCUT2D eigenvalue weighted by Gasteiger charge is -2.10. The van der Waals surface area contributed by atoms with E-state index < -0.39 is 0 Å². The van der Waals surface area contributed by atoms with Crippen LogP contribution in [-0.4, -0.2) is 22.1 Å². The van der Waals surface area contributed by atoms with Crippen molar-refractivity contribution in [2.24, 2.45) is 0 Å². The van der Waals surface area contributed by atoms with Gasteiger partial charge >= 0.3 is 0 Å². The third-order valence-corrected chi connectivity index (χ3v) is 4.81. The van der Waals surface area contributed by atoms with Crippen LogP contribution in [0.25, 0.3) is 10.2 Å². The molecule has 0 spiro atoms. The fourth-order valence-electron chi connectivity index (χ4n) is 2.33. The molecule has 0 aliphatic heterocycles. The van der Waals surface area contributed by atoms with Crippen molar-refractivity contribution in [2.75, 3.05) is 5.73 Å². The number of nitrogen functional groups attached to an aromatic ring is 1. The van der Waals surface area contributed by atoms with Crippen LogP contribution in [0.4, 0.5) is 5.69 Å². The molecule has 21 heavy (non-hydrogen) atoms. The van der Waals surface area contributed by atoms with Crippen molar-refractivity contribution in [1.29, 1.82) is 0 Å². The van der Waals surface area contributed by atoms with E-state index >= 15 is 0 Å². The Bertz CT molecular complexity index is 665. The molecule has 5 nitrogen and oxygen atoms in total. The number of nitrogens with one attached hydrogen (secondary N) is 1. The molecule has 114 valence electrons. The van der Waals surface area contributed by atoms with Crippen LogP contribution in [0.2, 0.25) is 0 Å². The number of rotatable bonds is 5. The first-order valence-electron chi connectivity index (χ1n) is 7.40. The topological polar surface area (TPSA) is 80.9 Å². The normalized spacial score (nSPS) is 12.6. The van der Waals surface area contributed by atoms with Crippen LogP contribution in [0.5, 0.6) is 0 Å². The Morgan fingerprint density at radius 2 is 2.00 bits per heavy atom. The lowest BCUT2D eigenvalue weighted by atomic mass is 10.0. The average Bonchev–Trinajstić information content (AvgIpc) is 2.83. The standard InChI is InChI=1S/C15H22N4OS/c1-5-8(4)17-14(20)13-12(16)11-9(6-2)10(7-3)18-19-15(11)21-13/h8H,5-7,16H2,1-4H3,(H,17,20). The quantitative estimate of drug-likeness (QED) is 0.890. The van der Waals surface area contributed by atoms with Crippen LogP contribution < -0.4 is 11.1 Å². The van der Waals surface area contributed by atoms with Gasteiger partial charge in [0.25, 0.3) is 5.91 Å². The molecular weight excluding hydrogens is 284 g/mol. The molecule has 2 aromatic heterocycles. The van der Waals surface area contributed by atoms with E-state index in [0.29, 0.717) is 10.6 Å². The maximum atomic E-state index is 12.3. The highest BCUT2D eigenvalue weighted by Gasteiger charge is 2.21. The maximum Gasteiger partial charge on any atom is 0.263 e. The second kappa shape index (κ2) is 6.39. The highest BCUT2D eigenvalue weighted by molar-refractivity contribution is 7.21. The van der Waals surface area contributed by atoms with Crippen LogP contribution in [-0.2, 0) is 12.8 Å². The summed E-state index contributed by atoms with van der Waals surface area (Å²) in [5, 5.41) is 12.4. The molecule has 6 heteroatoms.